The van der Waals surface area contributed by atoms with Gasteiger partial charge >= 0.3 is 0 Å². The van der Waals surface area contributed by atoms with Gasteiger partial charge in [0, 0.05) is 29.5 Å². The van der Waals surface area contributed by atoms with Gasteiger partial charge in [0.1, 0.15) is 5.84 Å². The molecule has 1 amide bonds. The average molecular weight is 438 g/mol. The highest BCUT2D eigenvalue weighted by molar-refractivity contribution is 7.90. The fraction of sp³-hybridized carbons (Fsp3) is 0.130. The van der Waals surface area contributed by atoms with Crippen molar-refractivity contribution in [1.29, 1.82) is 5.41 Å². The Kier molecular flexibility index (Phi) is 6.84. The summed E-state index contributed by atoms with van der Waals surface area (Å²) in [5.74, 6) is -0.270. The number of carbonyl (C=O) groups is 1. The number of carbonyl (C=O) groups excluding carboxylic acids is 1. The van der Waals surface area contributed by atoms with Gasteiger partial charge in [-0.05, 0) is 41.8 Å². The van der Waals surface area contributed by atoms with Crippen LogP contribution in [0.3, 0.4) is 0 Å². The number of nitrogens with one attached hydrogen (secondary N) is 3. The first-order chi connectivity index (χ1) is 14.8. The lowest BCUT2D eigenvalue weighted by Crippen LogP contribution is -2.18. The van der Waals surface area contributed by atoms with Gasteiger partial charge in [-0.2, -0.15) is 0 Å². The Morgan fingerprint density at radius 1 is 1.00 bits per heavy atom. The minimum atomic E-state index is -3.36. The number of aryl methyl sites for hydroxylation is 1. The number of sulfone groups is 1. The molecule has 8 heteroatoms. The second kappa shape index (κ2) is 9.55. The maximum atomic E-state index is 12.3. The zero-order valence-electron chi connectivity index (χ0n) is 16.9. The van der Waals surface area contributed by atoms with Crippen LogP contribution in [0.1, 0.15) is 17.5 Å². The fourth-order valence-corrected chi connectivity index (χ4v) is 4.10. The van der Waals surface area contributed by atoms with Crippen LogP contribution in [0, 0.1) is 5.41 Å². The summed E-state index contributed by atoms with van der Waals surface area (Å²) in [5.41, 5.74) is 5.19. The topological polar surface area (TPSA) is 119 Å². The largest absolute Gasteiger partial charge is 0.326 e. The van der Waals surface area contributed by atoms with Crippen LogP contribution < -0.4 is 10.8 Å². The Balaban J connectivity index is 1.65. The van der Waals surface area contributed by atoms with Gasteiger partial charge in [-0.1, -0.05) is 48.5 Å². The lowest BCUT2D eigenvalue weighted by molar-refractivity contribution is -0.116. The van der Waals surface area contributed by atoms with E-state index in [-0.39, 0.29) is 23.1 Å². The highest BCUT2D eigenvalue weighted by atomic mass is 32.2. The fourth-order valence-electron chi connectivity index (χ4n) is 3.19. The minimum absolute atomic E-state index is 0.108. The summed E-state index contributed by atoms with van der Waals surface area (Å²) in [4.78, 5) is 12.6. The van der Waals surface area contributed by atoms with E-state index in [9.17, 15) is 13.2 Å². The van der Waals surface area contributed by atoms with E-state index in [0.29, 0.717) is 23.2 Å². The van der Waals surface area contributed by atoms with Crippen LogP contribution in [0.2, 0.25) is 0 Å². The summed E-state index contributed by atoms with van der Waals surface area (Å²) in [7, 11) is -3.36. The predicted molar refractivity (Wildman–Crippen MR) is 120 cm³/mol. The quantitative estimate of drug-likeness (QED) is 0.256. The van der Waals surface area contributed by atoms with Crippen molar-refractivity contribution in [2.45, 2.75) is 17.7 Å². The molecule has 0 saturated heterocycles. The van der Waals surface area contributed by atoms with Gasteiger partial charge in [-0.15, -0.1) is 0 Å². The molecule has 0 fully saturated rings. The number of amides is 1. The monoisotopic (exact) mass is 437 g/mol. The van der Waals surface area contributed by atoms with Gasteiger partial charge in [-0.25, -0.2) is 8.42 Å². The third-order valence-electron chi connectivity index (χ3n) is 4.73. The molecule has 3 rings (SSSR count). The van der Waals surface area contributed by atoms with E-state index in [1.807, 2.05) is 6.07 Å². The third-order valence-corrected chi connectivity index (χ3v) is 5.89. The number of benzene rings is 3. The van der Waals surface area contributed by atoms with Crippen LogP contribution in [-0.4, -0.2) is 31.6 Å². The first kappa shape index (κ1) is 22.2. The van der Waals surface area contributed by atoms with E-state index in [4.69, 9.17) is 10.6 Å². The van der Waals surface area contributed by atoms with Crippen molar-refractivity contribution in [1.82, 2.24) is 5.48 Å². The zero-order chi connectivity index (χ0) is 22.4. The van der Waals surface area contributed by atoms with Crippen molar-refractivity contribution in [3.8, 4) is 11.1 Å². The van der Waals surface area contributed by atoms with Crippen LogP contribution in [0.4, 0.5) is 5.69 Å². The Morgan fingerprint density at radius 3 is 2.39 bits per heavy atom. The molecule has 0 unspecified atom stereocenters. The van der Waals surface area contributed by atoms with Crippen LogP contribution in [0.5, 0.6) is 0 Å². The Morgan fingerprint density at radius 2 is 1.71 bits per heavy atom. The smallest absolute Gasteiger partial charge is 0.224 e. The van der Waals surface area contributed by atoms with Crippen LogP contribution in [0.25, 0.3) is 11.1 Å². The van der Waals surface area contributed by atoms with Crippen molar-refractivity contribution >= 4 is 27.3 Å². The summed E-state index contributed by atoms with van der Waals surface area (Å²) in [6.45, 7) is 0. The number of hydrogen-bond donors (Lipinski definition) is 4. The Hall–Kier alpha value is -3.49. The van der Waals surface area contributed by atoms with Crippen molar-refractivity contribution in [2.24, 2.45) is 0 Å². The second-order valence-corrected chi connectivity index (χ2v) is 9.07. The molecular formula is C23H23N3O4S. The maximum absolute atomic E-state index is 12.3. The molecule has 7 nitrogen and oxygen atoms in total. The van der Waals surface area contributed by atoms with Gasteiger partial charge in [0.25, 0.3) is 0 Å². The number of hydroxylamine groups is 1. The molecule has 31 heavy (non-hydrogen) atoms. The summed E-state index contributed by atoms with van der Waals surface area (Å²) < 4.78 is 24.0. The normalized spacial score (nSPS) is 11.0. The Bertz CT molecular complexity index is 1210. The number of amidine groups is 1. The highest BCUT2D eigenvalue weighted by Gasteiger charge is 2.14. The van der Waals surface area contributed by atoms with E-state index >= 15 is 0 Å². The number of rotatable bonds is 7. The molecule has 0 atom stereocenters. The van der Waals surface area contributed by atoms with Crippen LogP contribution in [-0.2, 0) is 21.1 Å². The van der Waals surface area contributed by atoms with Crippen molar-refractivity contribution < 1.29 is 18.4 Å². The average Bonchev–Trinajstić information content (AvgIpc) is 2.77. The minimum Gasteiger partial charge on any atom is -0.326 e. The van der Waals surface area contributed by atoms with E-state index in [1.54, 1.807) is 72.2 Å². The van der Waals surface area contributed by atoms with Crippen LogP contribution >= 0.6 is 0 Å². The molecule has 0 spiro atoms. The van der Waals surface area contributed by atoms with Gasteiger partial charge in [0.05, 0.1) is 4.90 Å². The molecule has 3 aromatic carbocycles. The molecule has 4 N–H and O–H groups in total. The molecule has 0 aliphatic carbocycles. The molecule has 0 heterocycles. The molecule has 0 radical (unpaired) electrons. The molecule has 0 saturated carbocycles. The molecule has 0 aromatic heterocycles. The van der Waals surface area contributed by atoms with Gasteiger partial charge in [0.15, 0.2) is 9.84 Å². The summed E-state index contributed by atoms with van der Waals surface area (Å²) >= 11 is 0. The molecule has 0 bridgehead atoms. The maximum Gasteiger partial charge on any atom is 0.224 e. The molecular weight excluding hydrogens is 414 g/mol. The van der Waals surface area contributed by atoms with Crippen molar-refractivity contribution in [3.05, 3.63) is 83.9 Å². The first-order valence-electron chi connectivity index (χ1n) is 9.55. The van der Waals surface area contributed by atoms with E-state index < -0.39 is 9.84 Å². The summed E-state index contributed by atoms with van der Waals surface area (Å²) in [6, 6.07) is 20.9. The summed E-state index contributed by atoms with van der Waals surface area (Å²) in [5, 5.41) is 19.3. The van der Waals surface area contributed by atoms with Crippen molar-refractivity contribution in [3.63, 3.8) is 0 Å². The van der Waals surface area contributed by atoms with Crippen molar-refractivity contribution in [2.75, 3.05) is 11.6 Å². The van der Waals surface area contributed by atoms with Gasteiger partial charge in [-0.3, -0.25) is 20.9 Å². The zero-order valence-corrected chi connectivity index (χ0v) is 17.7. The first-order valence-corrected chi connectivity index (χ1v) is 11.4. The summed E-state index contributed by atoms with van der Waals surface area (Å²) in [6.07, 6.45) is 1.92. The van der Waals surface area contributed by atoms with E-state index in [1.165, 1.54) is 6.26 Å². The molecule has 0 aliphatic rings. The SMILES string of the molecule is CS(=O)(=O)c1ccccc1-c1ccc(NC(=O)CCc2cccc(C(=N)NO)c2)cc1. The number of anilines is 1. The Labute approximate surface area is 181 Å². The van der Waals surface area contributed by atoms with Crippen LogP contribution in [0.15, 0.2) is 77.7 Å². The highest BCUT2D eigenvalue weighted by Crippen LogP contribution is 2.28. The van der Waals surface area contributed by atoms with E-state index in [2.05, 4.69) is 5.32 Å². The third kappa shape index (κ3) is 5.78. The number of hydrogen-bond acceptors (Lipinski definition) is 5. The van der Waals surface area contributed by atoms with Gasteiger partial charge < -0.3 is 5.32 Å². The molecule has 160 valence electrons. The van der Waals surface area contributed by atoms with Gasteiger partial charge in [0.2, 0.25) is 5.91 Å². The van der Waals surface area contributed by atoms with E-state index in [0.717, 1.165) is 11.1 Å². The lowest BCUT2D eigenvalue weighted by Gasteiger charge is -2.10. The predicted octanol–water partition coefficient (Wildman–Crippen LogP) is 3.63. The lowest BCUT2D eigenvalue weighted by atomic mass is 10.0. The standard InChI is InChI=1S/C23H23N3O4S/c1-31(29,30)21-8-3-2-7-20(21)17-10-12-19(13-11-17)25-22(27)14-9-16-5-4-6-18(15-16)23(24)26-28/h2-8,10-13,15,28H,9,14H2,1H3,(H2,24,26)(H,25,27). The molecule has 3 aromatic rings. The second-order valence-electron chi connectivity index (χ2n) is 7.08. The molecule has 0 aliphatic heterocycles.